The summed E-state index contributed by atoms with van der Waals surface area (Å²) in [5.74, 6) is 0.211. The first-order chi connectivity index (χ1) is 13.6. The highest BCUT2D eigenvalue weighted by Gasteiger charge is 2.28. The summed E-state index contributed by atoms with van der Waals surface area (Å²) in [7, 11) is -3.59. The average Bonchev–Trinajstić information content (AvgIpc) is 2.64. The fourth-order valence-corrected chi connectivity index (χ4v) is 4.46. The maximum atomic E-state index is 12.6. The van der Waals surface area contributed by atoms with Crippen molar-refractivity contribution in [2.75, 3.05) is 17.1 Å². The molecule has 2 aromatic rings. The fourth-order valence-electron chi connectivity index (χ4n) is 3.29. The van der Waals surface area contributed by atoms with E-state index in [1.54, 1.807) is 25.1 Å². The van der Waals surface area contributed by atoms with E-state index < -0.39 is 16.1 Å². The molecule has 6 heteroatoms. The van der Waals surface area contributed by atoms with Gasteiger partial charge in [-0.15, -0.1) is 0 Å². The van der Waals surface area contributed by atoms with Gasteiger partial charge in [0.25, 0.3) is 0 Å². The molecule has 158 valence electrons. The number of carbonyl (C=O) groups excluding carboxylic acids is 1. The van der Waals surface area contributed by atoms with E-state index in [0.29, 0.717) is 18.2 Å². The van der Waals surface area contributed by atoms with Crippen molar-refractivity contribution in [2.24, 2.45) is 0 Å². The maximum Gasteiger partial charge on any atom is 0.243 e. The van der Waals surface area contributed by atoms with Gasteiger partial charge in [0, 0.05) is 6.54 Å². The number of benzene rings is 2. The molecule has 0 saturated carbocycles. The number of hydrogen-bond acceptors (Lipinski definition) is 3. The number of anilines is 1. The topological polar surface area (TPSA) is 66.5 Å². The number of nitrogens with zero attached hydrogens (tertiary/aromatic N) is 1. The predicted octanol–water partition coefficient (Wildman–Crippen LogP) is 4.02. The fraction of sp³-hybridized carbons (Fsp3) is 0.435. The van der Waals surface area contributed by atoms with Crippen molar-refractivity contribution in [3.8, 4) is 0 Å². The Hall–Kier alpha value is -2.34. The molecule has 1 atom stereocenters. The van der Waals surface area contributed by atoms with Crippen LogP contribution in [0.1, 0.15) is 49.8 Å². The smallest absolute Gasteiger partial charge is 0.243 e. The minimum atomic E-state index is -3.59. The van der Waals surface area contributed by atoms with Crippen LogP contribution in [0.15, 0.2) is 48.5 Å². The molecule has 0 aromatic heterocycles. The summed E-state index contributed by atoms with van der Waals surface area (Å²) in [6.45, 7) is 8.34. The molecule has 0 aliphatic heterocycles. The zero-order valence-corrected chi connectivity index (χ0v) is 18.8. The molecule has 2 aromatic carbocycles. The second-order valence-electron chi connectivity index (χ2n) is 7.86. The van der Waals surface area contributed by atoms with Gasteiger partial charge in [0.15, 0.2) is 0 Å². The summed E-state index contributed by atoms with van der Waals surface area (Å²) in [6.07, 6.45) is 2.78. The molecule has 0 heterocycles. The second-order valence-corrected chi connectivity index (χ2v) is 9.72. The minimum Gasteiger partial charge on any atom is -0.354 e. The third kappa shape index (κ3) is 6.60. The van der Waals surface area contributed by atoms with Crippen molar-refractivity contribution in [3.05, 3.63) is 65.2 Å². The van der Waals surface area contributed by atoms with Gasteiger partial charge in [-0.25, -0.2) is 8.42 Å². The van der Waals surface area contributed by atoms with Crippen LogP contribution in [0.4, 0.5) is 5.69 Å². The third-order valence-corrected chi connectivity index (χ3v) is 6.17. The lowest BCUT2D eigenvalue weighted by Gasteiger charge is -2.28. The Morgan fingerprint density at radius 3 is 2.28 bits per heavy atom. The number of carbonyl (C=O) groups is 1. The zero-order chi connectivity index (χ0) is 21.6. The highest BCUT2D eigenvalue weighted by molar-refractivity contribution is 7.92. The Labute approximate surface area is 175 Å². The van der Waals surface area contributed by atoms with Crippen molar-refractivity contribution < 1.29 is 13.2 Å². The van der Waals surface area contributed by atoms with Gasteiger partial charge < -0.3 is 5.32 Å². The number of amides is 1. The molecular weight excluding hydrogens is 384 g/mol. The quantitative estimate of drug-likeness (QED) is 0.628. The van der Waals surface area contributed by atoms with E-state index in [-0.39, 0.29) is 5.91 Å². The van der Waals surface area contributed by atoms with Crippen LogP contribution in [0.25, 0.3) is 0 Å². The summed E-state index contributed by atoms with van der Waals surface area (Å²) < 4.78 is 25.8. The van der Waals surface area contributed by atoms with Crippen LogP contribution in [0.3, 0.4) is 0 Å². The highest BCUT2D eigenvalue weighted by Crippen LogP contribution is 2.22. The van der Waals surface area contributed by atoms with Crippen LogP contribution in [0.2, 0.25) is 0 Å². The SMILES string of the molecule is Cc1cccc(N([C@@H](C)C(=O)NCCCc2ccc(C(C)C)cc2)S(C)(=O)=O)c1. The van der Waals surface area contributed by atoms with E-state index in [1.807, 2.05) is 13.0 Å². The normalized spacial score (nSPS) is 12.6. The first-order valence-electron chi connectivity index (χ1n) is 10.0. The summed E-state index contributed by atoms with van der Waals surface area (Å²) in [6, 6.07) is 14.9. The van der Waals surface area contributed by atoms with Gasteiger partial charge >= 0.3 is 0 Å². The van der Waals surface area contributed by atoms with Crippen LogP contribution in [0.5, 0.6) is 0 Å². The second kappa shape index (κ2) is 9.92. The van der Waals surface area contributed by atoms with Gasteiger partial charge in [0.1, 0.15) is 6.04 Å². The largest absolute Gasteiger partial charge is 0.354 e. The third-order valence-electron chi connectivity index (χ3n) is 4.93. The van der Waals surface area contributed by atoms with Gasteiger partial charge in [-0.2, -0.15) is 0 Å². The van der Waals surface area contributed by atoms with Crippen molar-refractivity contribution in [3.63, 3.8) is 0 Å². The van der Waals surface area contributed by atoms with Crippen molar-refractivity contribution in [1.82, 2.24) is 5.32 Å². The van der Waals surface area contributed by atoms with Gasteiger partial charge in [-0.05, 0) is 61.4 Å². The molecule has 0 radical (unpaired) electrons. The Kier molecular flexibility index (Phi) is 7.85. The van der Waals surface area contributed by atoms with E-state index in [2.05, 4.69) is 43.4 Å². The van der Waals surface area contributed by atoms with Crippen LogP contribution in [0, 0.1) is 6.92 Å². The van der Waals surface area contributed by atoms with Crippen molar-refractivity contribution in [2.45, 2.75) is 52.5 Å². The molecule has 0 bridgehead atoms. The minimum absolute atomic E-state index is 0.299. The molecule has 1 N–H and O–H groups in total. The van der Waals surface area contributed by atoms with Gasteiger partial charge in [-0.1, -0.05) is 50.2 Å². The molecule has 0 saturated heterocycles. The van der Waals surface area contributed by atoms with Gasteiger partial charge in [-0.3, -0.25) is 9.10 Å². The lowest BCUT2D eigenvalue weighted by atomic mass is 10.0. The molecule has 0 aliphatic carbocycles. The highest BCUT2D eigenvalue weighted by atomic mass is 32.2. The molecule has 0 spiro atoms. The molecule has 1 amide bonds. The Balaban J connectivity index is 1.94. The molecular formula is C23H32N2O3S. The van der Waals surface area contributed by atoms with Crippen LogP contribution in [-0.2, 0) is 21.2 Å². The molecule has 29 heavy (non-hydrogen) atoms. The number of aryl methyl sites for hydroxylation is 2. The Morgan fingerprint density at radius 2 is 1.72 bits per heavy atom. The molecule has 2 rings (SSSR count). The lowest BCUT2D eigenvalue weighted by Crippen LogP contribution is -2.48. The van der Waals surface area contributed by atoms with Crippen LogP contribution < -0.4 is 9.62 Å². The maximum absolute atomic E-state index is 12.6. The van der Waals surface area contributed by atoms with Gasteiger partial charge in [0.2, 0.25) is 15.9 Å². The van der Waals surface area contributed by atoms with Crippen LogP contribution >= 0.6 is 0 Å². The van der Waals surface area contributed by atoms with Gasteiger partial charge in [0.05, 0.1) is 11.9 Å². The summed E-state index contributed by atoms with van der Waals surface area (Å²) in [5, 5.41) is 2.87. The molecule has 5 nitrogen and oxygen atoms in total. The predicted molar refractivity (Wildman–Crippen MR) is 120 cm³/mol. The Bertz CT molecular complexity index is 921. The zero-order valence-electron chi connectivity index (χ0n) is 18.0. The van der Waals surface area contributed by atoms with E-state index in [1.165, 1.54) is 15.4 Å². The first kappa shape index (κ1) is 22.9. The van der Waals surface area contributed by atoms with Crippen molar-refractivity contribution >= 4 is 21.6 Å². The monoisotopic (exact) mass is 416 g/mol. The summed E-state index contributed by atoms with van der Waals surface area (Å²) in [4.78, 5) is 12.6. The first-order valence-corrected chi connectivity index (χ1v) is 11.9. The molecule has 0 fully saturated rings. The number of nitrogens with one attached hydrogen (secondary N) is 1. The molecule has 0 unspecified atom stereocenters. The number of rotatable bonds is 9. The summed E-state index contributed by atoms with van der Waals surface area (Å²) >= 11 is 0. The lowest BCUT2D eigenvalue weighted by molar-refractivity contribution is -0.121. The molecule has 0 aliphatic rings. The standard InChI is InChI=1S/C23H32N2O3S/c1-17(2)21-13-11-20(12-14-21)9-7-15-24-23(26)19(4)25(29(5,27)28)22-10-6-8-18(3)16-22/h6,8,10-14,16-17,19H,7,9,15H2,1-5H3,(H,24,26)/t19-/m0/s1. The van der Waals surface area contributed by atoms with E-state index in [4.69, 9.17) is 0 Å². The van der Waals surface area contributed by atoms with Crippen LogP contribution in [-0.4, -0.2) is 33.2 Å². The van der Waals surface area contributed by atoms with E-state index in [9.17, 15) is 13.2 Å². The van der Waals surface area contributed by atoms with E-state index >= 15 is 0 Å². The summed E-state index contributed by atoms with van der Waals surface area (Å²) in [5.41, 5.74) is 3.98. The van der Waals surface area contributed by atoms with E-state index in [0.717, 1.165) is 24.7 Å². The Morgan fingerprint density at radius 1 is 1.07 bits per heavy atom. The number of sulfonamides is 1. The number of hydrogen-bond donors (Lipinski definition) is 1. The average molecular weight is 417 g/mol. The van der Waals surface area contributed by atoms with Crippen molar-refractivity contribution in [1.29, 1.82) is 0 Å².